The summed E-state index contributed by atoms with van der Waals surface area (Å²) in [6.07, 6.45) is 2.15. The first kappa shape index (κ1) is 16.3. The molecule has 24 heavy (non-hydrogen) atoms. The number of carbonyl (C=O) groups excluding carboxylic acids is 1. The number of methoxy groups -OCH3 is 1. The molecule has 1 aliphatic rings. The van der Waals surface area contributed by atoms with Crippen molar-refractivity contribution in [2.24, 2.45) is 0 Å². The van der Waals surface area contributed by atoms with Crippen molar-refractivity contribution in [3.8, 4) is 11.5 Å². The molecule has 2 aromatic rings. The number of amides is 1. The summed E-state index contributed by atoms with van der Waals surface area (Å²) in [6.45, 7) is 0.556. The van der Waals surface area contributed by atoms with Crippen LogP contribution in [-0.2, 0) is 22.2 Å². The summed E-state index contributed by atoms with van der Waals surface area (Å²) in [6, 6.07) is 15.1. The fourth-order valence-corrected chi connectivity index (χ4v) is 3.25. The first-order valence-corrected chi connectivity index (χ1v) is 8.61. The Morgan fingerprint density at radius 2 is 1.67 bits per heavy atom. The third kappa shape index (κ3) is 3.83. The number of nitrogens with one attached hydrogen (secondary N) is 1. The van der Waals surface area contributed by atoms with Gasteiger partial charge in [0.15, 0.2) is 11.0 Å². The van der Waals surface area contributed by atoms with Crippen LogP contribution in [0, 0.1) is 0 Å². The van der Waals surface area contributed by atoms with E-state index in [-0.39, 0.29) is 5.91 Å². The molecule has 0 bridgehead atoms. The smallest absolute Gasteiger partial charge is 0.257 e. The average Bonchev–Trinajstić information content (AvgIpc) is 2.94. The van der Waals surface area contributed by atoms with Gasteiger partial charge < -0.3 is 9.47 Å². The molecule has 124 valence electrons. The van der Waals surface area contributed by atoms with E-state index in [1.165, 1.54) is 11.6 Å². The van der Waals surface area contributed by atoms with Gasteiger partial charge in [0.2, 0.25) is 0 Å². The van der Waals surface area contributed by atoms with Crippen LogP contribution in [0.3, 0.4) is 0 Å². The Hall–Kier alpha value is -2.60. The lowest BCUT2D eigenvalue weighted by Crippen LogP contribution is -2.16. The van der Waals surface area contributed by atoms with E-state index < -0.39 is 11.0 Å². The molecule has 2 aromatic carbocycles. The van der Waals surface area contributed by atoms with Crippen molar-refractivity contribution >= 4 is 21.8 Å². The molecule has 1 amide bonds. The van der Waals surface area contributed by atoms with Crippen molar-refractivity contribution in [2.45, 2.75) is 6.42 Å². The summed E-state index contributed by atoms with van der Waals surface area (Å²) in [4.78, 5) is 11.7. The third-order valence-corrected chi connectivity index (χ3v) is 4.75. The van der Waals surface area contributed by atoms with Gasteiger partial charge >= 0.3 is 0 Å². The van der Waals surface area contributed by atoms with Crippen molar-refractivity contribution in [3.63, 3.8) is 0 Å². The minimum atomic E-state index is -1.47. The van der Waals surface area contributed by atoms with Gasteiger partial charge in [-0.15, -0.1) is 0 Å². The van der Waals surface area contributed by atoms with E-state index in [9.17, 15) is 9.00 Å². The minimum Gasteiger partial charge on any atom is -0.497 e. The highest BCUT2D eigenvalue weighted by Crippen LogP contribution is 2.23. The summed E-state index contributed by atoms with van der Waals surface area (Å²) in [7, 11) is 0.173. The highest BCUT2D eigenvalue weighted by molar-refractivity contribution is 7.93. The Bertz CT molecular complexity index is 782. The Labute approximate surface area is 142 Å². The van der Waals surface area contributed by atoms with E-state index in [0.29, 0.717) is 11.5 Å². The van der Waals surface area contributed by atoms with Crippen molar-refractivity contribution in [1.29, 1.82) is 0 Å². The zero-order valence-electron chi connectivity index (χ0n) is 13.2. The number of rotatable bonds is 6. The molecular weight excluding hydrogens is 326 g/mol. The molecular formula is C18H17NO4S. The average molecular weight is 343 g/mol. The van der Waals surface area contributed by atoms with Crippen LogP contribution in [0.1, 0.15) is 11.1 Å². The zero-order valence-corrected chi connectivity index (χ0v) is 14.0. The second-order valence-corrected chi connectivity index (χ2v) is 6.40. The highest BCUT2D eigenvalue weighted by atomic mass is 32.2. The molecule has 1 heterocycles. The number of benzene rings is 2. The van der Waals surface area contributed by atoms with Gasteiger partial charge in [-0.25, -0.2) is 4.21 Å². The summed E-state index contributed by atoms with van der Waals surface area (Å²) in [5, 5.41) is 0. The molecule has 0 aliphatic carbocycles. The molecule has 5 nitrogen and oxygen atoms in total. The Balaban J connectivity index is 1.55. The Kier molecular flexibility index (Phi) is 4.96. The van der Waals surface area contributed by atoms with Gasteiger partial charge in [0.25, 0.3) is 5.91 Å². The largest absolute Gasteiger partial charge is 0.497 e. The molecule has 1 aliphatic heterocycles. The SMILES string of the molecule is COc1ccc(CCOc2ccc(C3=CC(=O)NS3=O)cc2)cc1. The van der Waals surface area contributed by atoms with Crippen molar-refractivity contribution in [1.82, 2.24) is 4.72 Å². The molecule has 0 aromatic heterocycles. The molecule has 0 radical (unpaired) electrons. The van der Waals surface area contributed by atoms with Crippen molar-refractivity contribution in [3.05, 3.63) is 65.7 Å². The summed E-state index contributed by atoms with van der Waals surface area (Å²) >= 11 is 0. The van der Waals surface area contributed by atoms with E-state index in [2.05, 4.69) is 4.72 Å². The van der Waals surface area contributed by atoms with Gasteiger partial charge in [0.1, 0.15) is 11.5 Å². The lowest BCUT2D eigenvalue weighted by molar-refractivity contribution is -0.114. The van der Waals surface area contributed by atoms with Gasteiger partial charge in [-0.3, -0.25) is 9.52 Å². The van der Waals surface area contributed by atoms with E-state index in [0.717, 1.165) is 23.5 Å². The molecule has 6 heteroatoms. The first-order valence-electron chi connectivity index (χ1n) is 7.46. The van der Waals surface area contributed by atoms with Crippen LogP contribution in [-0.4, -0.2) is 23.8 Å². The van der Waals surface area contributed by atoms with E-state index in [1.807, 2.05) is 36.4 Å². The molecule has 1 unspecified atom stereocenters. The molecule has 0 spiro atoms. The lowest BCUT2D eigenvalue weighted by atomic mass is 10.1. The maximum atomic E-state index is 11.7. The van der Waals surface area contributed by atoms with Crippen LogP contribution >= 0.6 is 0 Å². The molecule has 0 fully saturated rings. The second kappa shape index (κ2) is 7.31. The standard InChI is InChI=1S/C18H17NO4S/c1-22-15-6-2-13(3-7-15)10-11-23-16-8-4-14(5-9-16)17-12-18(20)19-24(17)21/h2-9,12H,10-11H2,1H3,(H,19,20). The van der Waals surface area contributed by atoms with Gasteiger partial charge in [0, 0.05) is 12.5 Å². The van der Waals surface area contributed by atoms with Crippen LogP contribution in [0.25, 0.3) is 4.91 Å². The molecule has 1 N–H and O–H groups in total. The highest BCUT2D eigenvalue weighted by Gasteiger charge is 2.20. The van der Waals surface area contributed by atoms with Gasteiger partial charge in [-0.1, -0.05) is 24.3 Å². The normalized spacial score (nSPS) is 16.5. The van der Waals surface area contributed by atoms with Crippen molar-refractivity contribution in [2.75, 3.05) is 13.7 Å². The predicted octanol–water partition coefficient (Wildman–Crippen LogP) is 2.45. The molecule has 0 saturated heterocycles. The fraction of sp³-hybridized carbons (Fsp3) is 0.167. The van der Waals surface area contributed by atoms with Crippen molar-refractivity contribution < 1.29 is 18.5 Å². The Morgan fingerprint density at radius 1 is 1.00 bits per heavy atom. The predicted molar refractivity (Wildman–Crippen MR) is 92.9 cm³/mol. The first-order chi connectivity index (χ1) is 11.7. The summed E-state index contributed by atoms with van der Waals surface area (Å²) < 4.78 is 24.9. The molecule has 0 saturated carbocycles. The molecule has 1 atom stereocenters. The third-order valence-electron chi connectivity index (χ3n) is 3.61. The zero-order chi connectivity index (χ0) is 16.9. The minimum absolute atomic E-state index is 0.330. The quantitative estimate of drug-likeness (QED) is 0.875. The summed E-state index contributed by atoms with van der Waals surface area (Å²) in [5.41, 5.74) is 1.91. The summed E-state index contributed by atoms with van der Waals surface area (Å²) in [5.74, 6) is 1.24. The van der Waals surface area contributed by atoms with Gasteiger partial charge in [-0.2, -0.15) is 0 Å². The fourth-order valence-electron chi connectivity index (χ4n) is 2.33. The maximum Gasteiger partial charge on any atom is 0.257 e. The van der Waals surface area contributed by atoms with E-state index in [4.69, 9.17) is 9.47 Å². The van der Waals surface area contributed by atoms with Crippen LogP contribution in [0.2, 0.25) is 0 Å². The Morgan fingerprint density at radius 3 is 2.25 bits per heavy atom. The number of ether oxygens (including phenoxy) is 2. The van der Waals surface area contributed by atoms with Crippen LogP contribution in [0.5, 0.6) is 11.5 Å². The van der Waals surface area contributed by atoms with Crippen LogP contribution in [0.15, 0.2) is 54.6 Å². The van der Waals surface area contributed by atoms with Crippen LogP contribution in [0.4, 0.5) is 0 Å². The number of carbonyl (C=O) groups is 1. The number of hydrogen-bond donors (Lipinski definition) is 1. The van der Waals surface area contributed by atoms with Crippen LogP contribution < -0.4 is 14.2 Å². The maximum absolute atomic E-state index is 11.7. The molecule has 3 rings (SSSR count). The van der Waals surface area contributed by atoms with Gasteiger partial charge in [0.05, 0.1) is 18.6 Å². The van der Waals surface area contributed by atoms with E-state index >= 15 is 0 Å². The second-order valence-electron chi connectivity index (χ2n) is 5.21. The lowest BCUT2D eigenvalue weighted by Gasteiger charge is -2.08. The van der Waals surface area contributed by atoms with E-state index in [1.54, 1.807) is 19.2 Å². The monoisotopic (exact) mass is 343 g/mol. The van der Waals surface area contributed by atoms with Gasteiger partial charge in [-0.05, 0) is 35.4 Å². The number of hydrogen-bond acceptors (Lipinski definition) is 4. The topological polar surface area (TPSA) is 64.6 Å².